The van der Waals surface area contributed by atoms with E-state index in [1.807, 2.05) is 0 Å². The van der Waals surface area contributed by atoms with Crippen molar-refractivity contribution in [2.24, 2.45) is 0 Å². The van der Waals surface area contributed by atoms with E-state index in [1.165, 1.54) is 12.8 Å². The van der Waals surface area contributed by atoms with E-state index >= 15 is 0 Å². The van der Waals surface area contributed by atoms with Crippen molar-refractivity contribution in [1.29, 1.82) is 0 Å². The van der Waals surface area contributed by atoms with Gasteiger partial charge in [0.25, 0.3) is 0 Å². The minimum absolute atomic E-state index is 0. The third kappa shape index (κ3) is 51.6. The summed E-state index contributed by atoms with van der Waals surface area (Å²) < 4.78 is 9.30. The molecule has 0 bridgehead atoms. The number of esters is 2. The van der Waals surface area contributed by atoms with Crippen molar-refractivity contribution < 1.29 is 38.9 Å². The molecule has 0 heterocycles. The Hall–Kier alpha value is 0.0787. The molecule has 0 aliphatic rings. The van der Waals surface area contributed by atoms with Gasteiger partial charge in [-0.05, 0) is 12.2 Å². The summed E-state index contributed by atoms with van der Waals surface area (Å²) in [6.07, 6.45) is 7.42. The van der Waals surface area contributed by atoms with Gasteiger partial charge < -0.3 is 29.3 Å². The van der Waals surface area contributed by atoms with Gasteiger partial charge in [0.2, 0.25) is 0 Å². The normalized spacial score (nSPS) is 11.2. The first-order valence-electron chi connectivity index (χ1n) is 10.0. The van der Waals surface area contributed by atoms with Crippen molar-refractivity contribution >= 4 is 112 Å². The second-order valence-corrected chi connectivity index (χ2v) is 9.66. The Morgan fingerprint density at radius 2 is 1.00 bits per heavy atom. The summed E-state index contributed by atoms with van der Waals surface area (Å²) in [6.45, 7) is 11.8. The number of hydrogen-bond acceptors (Lipinski definition) is 8. The zero-order valence-electron chi connectivity index (χ0n) is 19.8. The van der Waals surface area contributed by atoms with Gasteiger partial charge in [0.15, 0.2) is 0 Å². The van der Waals surface area contributed by atoms with Crippen molar-refractivity contribution in [3.05, 3.63) is 38.2 Å². The summed E-state index contributed by atoms with van der Waals surface area (Å²) in [5.74, 6) is -4.25. The van der Waals surface area contributed by atoms with E-state index in [0.717, 1.165) is 25.0 Å². The number of rotatable bonds is 12. The van der Waals surface area contributed by atoms with Gasteiger partial charge in [-0.2, -0.15) is 0 Å². The van der Waals surface area contributed by atoms with Gasteiger partial charge in [0, 0.05) is 22.8 Å². The molecule has 0 aromatic carbocycles. The Bertz CT molecular complexity index is 536. The van der Waals surface area contributed by atoms with Crippen molar-refractivity contribution in [2.45, 2.75) is 49.2 Å². The van der Waals surface area contributed by atoms with Gasteiger partial charge in [-0.15, -0.1) is 0 Å². The minimum atomic E-state index is -1.42. The van der Waals surface area contributed by atoms with Crippen LogP contribution in [0.15, 0.2) is 24.3 Å². The van der Waals surface area contributed by atoms with Crippen LogP contribution < -0.4 is 10.2 Å². The first kappa shape index (κ1) is 45.0. The van der Waals surface area contributed by atoms with Crippen LogP contribution in [0.5, 0.6) is 0 Å². The van der Waals surface area contributed by atoms with E-state index in [-0.39, 0.29) is 46.8 Å². The molecule has 0 aliphatic carbocycles. The third-order valence-corrected chi connectivity index (χ3v) is 7.04. The van der Waals surface area contributed by atoms with Gasteiger partial charge in [0.1, 0.15) is 13.2 Å². The van der Waals surface area contributed by atoms with Crippen LogP contribution >= 0.6 is 63.7 Å². The monoisotopic (exact) mass is 860 g/mol. The summed E-state index contributed by atoms with van der Waals surface area (Å²) >= 11 is 12.8. The van der Waals surface area contributed by atoms with E-state index in [2.05, 4.69) is 101 Å². The maximum Gasteiger partial charge on any atom is 2.00 e. The van der Waals surface area contributed by atoms with Crippen LogP contribution in [0.3, 0.4) is 0 Å². The third-order valence-electron chi connectivity index (χ3n) is 2.57. The fourth-order valence-electron chi connectivity index (χ4n) is 0.803. The van der Waals surface area contributed by atoms with Gasteiger partial charge in [-0.3, -0.25) is 0 Å². The van der Waals surface area contributed by atoms with Crippen LogP contribution in [0.1, 0.15) is 39.5 Å². The number of aliphatic carboxylic acids is 2. The standard InChI is InChI=1S/2C7H8Br2O4.2C4H9.Sn/c2*8-3-5(9)4-13-7(12)2-1-6(10)11;2*1-3-4-2;/h2*1-2,5H,3-4H2,(H,10,11);2*1,3-4H2,2H3;/q;;;;+2/p-2/b2*2-1-;;;. The van der Waals surface area contributed by atoms with E-state index < -0.39 is 23.9 Å². The van der Waals surface area contributed by atoms with Crippen molar-refractivity contribution in [3.63, 3.8) is 0 Å². The number of halogens is 4. The van der Waals surface area contributed by atoms with Gasteiger partial charge >= 0.3 is 35.8 Å². The Balaban J connectivity index is -0.000000128. The quantitative estimate of drug-likeness (QED) is 0.127. The molecule has 0 aliphatic heterocycles. The zero-order chi connectivity index (χ0) is 27.4. The van der Waals surface area contributed by atoms with Gasteiger partial charge in [-0.25, -0.2) is 9.59 Å². The molecule has 0 spiro atoms. The number of hydrogen-bond donors (Lipinski definition) is 0. The number of ether oxygens (including phenoxy) is 2. The van der Waals surface area contributed by atoms with Crippen LogP contribution in [0.25, 0.3) is 0 Å². The molecule has 35 heavy (non-hydrogen) atoms. The molecular weight excluding hydrogens is 831 g/mol. The first-order chi connectivity index (χ1) is 15.9. The minimum Gasteiger partial charge on any atom is -0.545 e. The Morgan fingerprint density at radius 3 is 1.17 bits per heavy atom. The number of carbonyl (C=O) groups is 4. The molecule has 0 saturated heterocycles. The van der Waals surface area contributed by atoms with Crippen LogP contribution in [0, 0.1) is 13.8 Å². The van der Waals surface area contributed by atoms with E-state index in [9.17, 15) is 29.4 Å². The maximum atomic E-state index is 10.7. The molecule has 0 aromatic rings. The number of carbonyl (C=O) groups excluding carboxylic acids is 4. The zero-order valence-corrected chi connectivity index (χ0v) is 29.0. The summed E-state index contributed by atoms with van der Waals surface area (Å²) in [5, 5.41) is 21.0. The Morgan fingerprint density at radius 1 is 0.743 bits per heavy atom. The molecule has 8 nitrogen and oxygen atoms in total. The number of alkyl halides is 4. The smallest absolute Gasteiger partial charge is 0.545 e. The fourth-order valence-corrected chi connectivity index (χ4v) is 1.44. The average molecular weight is 863 g/mol. The number of unbranched alkanes of at least 4 members (excludes halogenated alkanes) is 2. The second-order valence-electron chi connectivity index (χ2n) is 5.78. The summed E-state index contributed by atoms with van der Waals surface area (Å²) in [5.41, 5.74) is 0. The van der Waals surface area contributed by atoms with E-state index in [1.54, 1.807) is 0 Å². The Kier molecular flexibility index (Phi) is 46.6. The summed E-state index contributed by atoms with van der Waals surface area (Å²) in [4.78, 5) is 41.3. The van der Waals surface area contributed by atoms with Crippen LogP contribution in [0.2, 0.25) is 0 Å². The molecule has 2 atom stereocenters. The molecule has 2 unspecified atom stereocenters. The summed E-state index contributed by atoms with van der Waals surface area (Å²) in [7, 11) is 0. The average Bonchev–Trinajstić information content (AvgIpc) is 2.83. The topological polar surface area (TPSA) is 133 Å². The second kappa shape index (κ2) is 36.2. The van der Waals surface area contributed by atoms with Crippen LogP contribution in [-0.4, -0.2) is 81.3 Å². The summed E-state index contributed by atoms with van der Waals surface area (Å²) in [6, 6.07) is 0. The molecular formula is C22H32Br4O8Sn. The molecule has 0 saturated carbocycles. The molecule has 0 N–H and O–H groups in total. The SMILES string of the molecule is O=C([O-])/C=C\C(=O)OCC(Br)CBr.O=C([O-])/C=C\C(=O)OCC(Br)CBr.[CH2]CCC.[CH2]CCC.[Sn+2]. The molecule has 13 heteroatoms. The predicted octanol–water partition coefficient (Wildman–Crippen LogP) is 2.85. The number of carboxylic acids is 2. The largest absolute Gasteiger partial charge is 2.00 e. The van der Waals surface area contributed by atoms with Crippen LogP contribution in [-0.2, 0) is 28.7 Å². The molecule has 0 rings (SSSR count). The maximum absolute atomic E-state index is 10.7. The molecule has 4 radical (unpaired) electrons. The molecule has 0 fully saturated rings. The fraction of sp³-hybridized carbons (Fsp3) is 0.545. The van der Waals surface area contributed by atoms with Crippen LogP contribution in [0.4, 0.5) is 0 Å². The van der Waals surface area contributed by atoms with Crippen molar-refractivity contribution in [1.82, 2.24) is 0 Å². The Labute approximate surface area is 259 Å². The molecule has 0 amide bonds. The predicted molar refractivity (Wildman–Crippen MR) is 150 cm³/mol. The van der Waals surface area contributed by atoms with Gasteiger partial charge in [-0.1, -0.05) is 117 Å². The molecule has 0 aromatic heterocycles. The number of carboxylic acid groups (broad SMARTS) is 2. The van der Waals surface area contributed by atoms with E-state index in [4.69, 9.17) is 0 Å². The van der Waals surface area contributed by atoms with Crippen molar-refractivity contribution in [3.8, 4) is 0 Å². The van der Waals surface area contributed by atoms with Gasteiger partial charge in [0.05, 0.1) is 21.6 Å². The van der Waals surface area contributed by atoms with Crippen molar-refractivity contribution in [2.75, 3.05) is 23.9 Å². The van der Waals surface area contributed by atoms with E-state index in [0.29, 0.717) is 22.8 Å². The molecule has 200 valence electrons. The first-order valence-corrected chi connectivity index (χ1v) is 14.1.